The standard InChI is InChI=1S/C22H26FN3O4/c1-14-11-26(15(2)10-25(14)12-16-3-5-17(23)6-4-16)21(27)13-30-20-8-7-18(24)9-19(20)22(28)29/h3-9,14-15H,10-13,24H2,1-2H3,(H,28,29)/t14-,15+/m0/s1. The van der Waals surface area contributed by atoms with Gasteiger partial charge < -0.3 is 20.5 Å². The van der Waals surface area contributed by atoms with Gasteiger partial charge in [-0.05, 0) is 49.7 Å². The highest BCUT2D eigenvalue weighted by Crippen LogP contribution is 2.23. The van der Waals surface area contributed by atoms with E-state index >= 15 is 0 Å². The molecule has 160 valence electrons. The second-order valence-electron chi connectivity index (χ2n) is 7.65. The highest BCUT2D eigenvalue weighted by molar-refractivity contribution is 5.92. The molecule has 2 aromatic rings. The fraction of sp³-hybridized carbons (Fsp3) is 0.364. The maximum atomic E-state index is 13.1. The number of anilines is 1. The highest BCUT2D eigenvalue weighted by atomic mass is 19.1. The van der Waals surface area contributed by atoms with Gasteiger partial charge in [0.2, 0.25) is 0 Å². The Morgan fingerprint density at radius 1 is 1.13 bits per heavy atom. The number of rotatable bonds is 6. The van der Waals surface area contributed by atoms with Crippen molar-refractivity contribution in [3.63, 3.8) is 0 Å². The number of piperazine rings is 1. The topological polar surface area (TPSA) is 96.1 Å². The molecule has 0 bridgehead atoms. The van der Waals surface area contributed by atoms with E-state index in [4.69, 9.17) is 10.5 Å². The third-order valence-corrected chi connectivity index (χ3v) is 5.32. The zero-order chi connectivity index (χ0) is 21.8. The van der Waals surface area contributed by atoms with Crippen LogP contribution in [0.3, 0.4) is 0 Å². The lowest BCUT2D eigenvalue weighted by atomic mass is 10.1. The van der Waals surface area contributed by atoms with E-state index in [0.29, 0.717) is 25.3 Å². The van der Waals surface area contributed by atoms with Gasteiger partial charge in [-0.3, -0.25) is 9.69 Å². The Hall–Kier alpha value is -3.13. The van der Waals surface area contributed by atoms with Crippen LogP contribution in [-0.2, 0) is 11.3 Å². The smallest absolute Gasteiger partial charge is 0.339 e. The van der Waals surface area contributed by atoms with Crippen molar-refractivity contribution >= 4 is 17.6 Å². The van der Waals surface area contributed by atoms with Crippen LogP contribution in [0.15, 0.2) is 42.5 Å². The van der Waals surface area contributed by atoms with Crippen LogP contribution >= 0.6 is 0 Å². The van der Waals surface area contributed by atoms with Gasteiger partial charge in [-0.1, -0.05) is 12.1 Å². The van der Waals surface area contributed by atoms with Gasteiger partial charge >= 0.3 is 5.97 Å². The molecule has 1 heterocycles. The van der Waals surface area contributed by atoms with Gasteiger partial charge in [0.05, 0.1) is 0 Å². The normalized spacial score (nSPS) is 19.5. The number of halogens is 1. The van der Waals surface area contributed by atoms with E-state index in [1.807, 2.05) is 13.8 Å². The summed E-state index contributed by atoms with van der Waals surface area (Å²) in [7, 11) is 0. The predicted octanol–water partition coefficient (Wildman–Crippen LogP) is 2.61. The molecular formula is C22H26FN3O4. The Labute approximate surface area is 174 Å². The highest BCUT2D eigenvalue weighted by Gasteiger charge is 2.32. The van der Waals surface area contributed by atoms with Gasteiger partial charge in [-0.25, -0.2) is 9.18 Å². The van der Waals surface area contributed by atoms with Crippen LogP contribution in [0.25, 0.3) is 0 Å². The second-order valence-corrected chi connectivity index (χ2v) is 7.65. The summed E-state index contributed by atoms with van der Waals surface area (Å²) in [6, 6.07) is 10.8. The van der Waals surface area contributed by atoms with Crippen molar-refractivity contribution in [2.24, 2.45) is 0 Å². The maximum absolute atomic E-state index is 13.1. The number of amides is 1. The van der Waals surface area contributed by atoms with E-state index in [9.17, 15) is 19.1 Å². The molecule has 7 nitrogen and oxygen atoms in total. The fourth-order valence-corrected chi connectivity index (χ4v) is 3.65. The van der Waals surface area contributed by atoms with Gasteiger partial charge in [0.25, 0.3) is 5.91 Å². The van der Waals surface area contributed by atoms with Crippen molar-refractivity contribution < 1.29 is 23.8 Å². The third kappa shape index (κ3) is 5.07. The molecule has 0 aliphatic carbocycles. The number of nitrogens with two attached hydrogens (primary N) is 1. The van der Waals surface area contributed by atoms with Crippen molar-refractivity contribution in [1.82, 2.24) is 9.80 Å². The molecule has 1 aliphatic heterocycles. The largest absolute Gasteiger partial charge is 0.483 e. The van der Waals surface area contributed by atoms with Crippen LogP contribution in [0.1, 0.15) is 29.8 Å². The van der Waals surface area contributed by atoms with Crippen LogP contribution in [0.2, 0.25) is 0 Å². The Morgan fingerprint density at radius 2 is 1.83 bits per heavy atom. The molecular weight excluding hydrogens is 389 g/mol. The molecule has 0 unspecified atom stereocenters. The summed E-state index contributed by atoms with van der Waals surface area (Å²) in [6.07, 6.45) is 0. The van der Waals surface area contributed by atoms with Crippen LogP contribution < -0.4 is 10.5 Å². The molecule has 0 aromatic heterocycles. The molecule has 3 N–H and O–H groups in total. The number of carbonyl (C=O) groups is 2. The van der Waals surface area contributed by atoms with Crippen molar-refractivity contribution in [3.8, 4) is 5.75 Å². The summed E-state index contributed by atoms with van der Waals surface area (Å²) >= 11 is 0. The van der Waals surface area contributed by atoms with E-state index in [1.54, 1.807) is 17.0 Å². The van der Waals surface area contributed by atoms with Crippen LogP contribution in [0.4, 0.5) is 10.1 Å². The second kappa shape index (κ2) is 9.13. The van der Waals surface area contributed by atoms with Crippen LogP contribution in [0, 0.1) is 5.82 Å². The molecule has 2 aromatic carbocycles. The summed E-state index contributed by atoms with van der Waals surface area (Å²) in [5.41, 5.74) is 6.88. The number of hydrogen-bond acceptors (Lipinski definition) is 5. The molecule has 0 saturated carbocycles. The molecule has 1 fully saturated rings. The minimum absolute atomic E-state index is 0.0388. The van der Waals surface area contributed by atoms with Crippen LogP contribution in [-0.4, -0.2) is 58.6 Å². The van der Waals surface area contributed by atoms with Gasteiger partial charge in [-0.15, -0.1) is 0 Å². The molecule has 1 amide bonds. The summed E-state index contributed by atoms with van der Waals surface area (Å²) in [5.74, 6) is -1.52. The van der Waals surface area contributed by atoms with E-state index in [2.05, 4.69) is 4.90 Å². The van der Waals surface area contributed by atoms with E-state index < -0.39 is 5.97 Å². The van der Waals surface area contributed by atoms with Gasteiger partial charge in [0.1, 0.15) is 17.1 Å². The number of nitrogens with zero attached hydrogens (tertiary/aromatic N) is 2. The number of carboxylic acids is 1. The van der Waals surface area contributed by atoms with E-state index in [0.717, 1.165) is 5.56 Å². The first-order valence-corrected chi connectivity index (χ1v) is 9.78. The number of carbonyl (C=O) groups excluding carboxylic acids is 1. The first-order valence-electron chi connectivity index (χ1n) is 9.78. The lowest BCUT2D eigenvalue weighted by molar-refractivity contribution is -0.139. The molecule has 1 saturated heterocycles. The van der Waals surface area contributed by atoms with E-state index in [1.165, 1.54) is 30.3 Å². The monoisotopic (exact) mass is 415 g/mol. The summed E-state index contributed by atoms with van der Waals surface area (Å²) < 4.78 is 18.6. The number of hydrogen-bond donors (Lipinski definition) is 2. The van der Waals surface area contributed by atoms with E-state index in [-0.39, 0.29) is 41.7 Å². The van der Waals surface area contributed by atoms with Gasteiger partial charge in [-0.2, -0.15) is 0 Å². The number of aromatic carboxylic acids is 1. The van der Waals surface area contributed by atoms with Crippen molar-refractivity contribution in [1.29, 1.82) is 0 Å². The number of benzene rings is 2. The zero-order valence-electron chi connectivity index (χ0n) is 17.0. The van der Waals surface area contributed by atoms with Crippen LogP contribution in [0.5, 0.6) is 5.75 Å². The predicted molar refractivity (Wildman–Crippen MR) is 111 cm³/mol. The van der Waals surface area contributed by atoms with Gasteiger partial charge in [0, 0.05) is 37.4 Å². The molecule has 30 heavy (non-hydrogen) atoms. The lowest BCUT2D eigenvalue weighted by Gasteiger charge is -2.44. The quantitative estimate of drug-likeness (QED) is 0.704. The maximum Gasteiger partial charge on any atom is 0.339 e. The Bertz CT molecular complexity index is 919. The average molecular weight is 415 g/mol. The lowest BCUT2D eigenvalue weighted by Crippen LogP contribution is -2.58. The number of nitrogen functional groups attached to an aromatic ring is 1. The fourth-order valence-electron chi connectivity index (χ4n) is 3.65. The number of carboxylic acid groups (broad SMARTS) is 1. The summed E-state index contributed by atoms with van der Waals surface area (Å²) in [6.45, 7) is 5.63. The molecule has 8 heteroatoms. The minimum Gasteiger partial charge on any atom is -0.483 e. The first kappa shape index (κ1) is 21.6. The molecule has 1 aliphatic rings. The molecule has 0 radical (unpaired) electrons. The minimum atomic E-state index is -1.17. The average Bonchev–Trinajstić information content (AvgIpc) is 2.70. The SMILES string of the molecule is C[C@@H]1CN(Cc2ccc(F)cc2)[C@@H](C)CN1C(=O)COc1ccc(N)cc1C(=O)O. The Balaban J connectivity index is 1.60. The summed E-state index contributed by atoms with van der Waals surface area (Å²) in [4.78, 5) is 28.1. The van der Waals surface area contributed by atoms with Gasteiger partial charge in [0.15, 0.2) is 6.61 Å². The first-order chi connectivity index (χ1) is 14.2. The Kier molecular flexibility index (Phi) is 6.56. The third-order valence-electron chi connectivity index (χ3n) is 5.32. The van der Waals surface area contributed by atoms with Crippen molar-refractivity contribution in [2.45, 2.75) is 32.5 Å². The van der Waals surface area contributed by atoms with Crippen molar-refractivity contribution in [2.75, 3.05) is 25.4 Å². The zero-order valence-corrected chi connectivity index (χ0v) is 17.0. The summed E-state index contributed by atoms with van der Waals surface area (Å²) in [5, 5.41) is 9.29. The van der Waals surface area contributed by atoms with Crippen molar-refractivity contribution in [3.05, 3.63) is 59.4 Å². The molecule has 0 spiro atoms. The number of ether oxygens (including phenoxy) is 1. The molecule has 3 rings (SSSR count). The molecule has 2 atom stereocenters. The Morgan fingerprint density at radius 3 is 2.50 bits per heavy atom.